The molecule has 0 fully saturated rings. The largest absolute Gasteiger partial charge is 0.496 e. The molecule has 0 amide bonds. The monoisotopic (exact) mass is 268 g/mol. The van der Waals surface area contributed by atoms with Crippen molar-refractivity contribution in [2.45, 2.75) is 12.5 Å². The number of methoxy groups -OCH3 is 1. The Balaban J connectivity index is 2.55. The molecule has 1 unspecified atom stereocenters. The fourth-order valence-electron chi connectivity index (χ4n) is 1.81. The van der Waals surface area contributed by atoms with Crippen LogP contribution in [0.1, 0.15) is 17.4 Å². The second-order valence-electron chi connectivity index (χ2n) is 3.87. The first kappa shape index (κ1) is 12.4. The Morgan fingerprint density at radius 2 is 2.00 bits per heavy atom. The van der Waals surface area contributed by atoms with E-state index >= 15 is 0 Å². The number of ether oxygens (including phenoxy) is 1. The van der Waals surface area contributed by atoms with Gasteiger partial charge in [-0.3, -0.25) is 0 Å². The molecule has 4 heteroatoms. The van der Waals surface area contributed by atoms with E-state index in [2.05, 4.69) is 0 Å². The van der Waals surface area contributed by atoms with Crippen LogP contribution in [0.5, 0.6) is 5.75 Å². The van der Waals surface area contributed by atoms with Gasteiger partial charge in [-0.1, -0.05) is 29.8 Å². The van der Waals surface area contributed by atoms with E-state index in [9.17, 15) is 5.11 Å². The van der Waals surface area contributed by atoms with Crippen LogP contribution in [0.3, 0.4) is 0 Å². The Labute approximate surface area is 109 Å². The van der Waals surface area contributed by atoms with E-state index in [1.54, 1.807) is 20.1 Å². The number of aliphatic hydroxyl groups is 1. The molecule has 0 radical (unpaired) electrons. The molecule has 0 spiro atoms. The Morgan fingerprint density at radius 1 is 1.29 bits per heavy atom. The highest BCUT2D eigenvalue weighted by Gasteiger charge is 2.31. The minimum Gasteiger partial charge on any atom is -0.496 e. The lowest BCUT2D eigenvalue weighted by Crippen LogP contribution is -2.22. The molecule has 0 saturated heterocycles. The molecule has 1 N–H and O–H groups in total. The zero-order valence-electron chi connectivity index (χ0n) is 9.61. The molecular weight excluding hydrogens is 256 g/mol. The Hall–Kier alpha value is -1.03. The summed E-state index contributed by atoms with van der Waals surface area (Å²) in [6, 6.07) is 9.19. The molecule has 0 bridgehead atoms. The zero-order chi connectivity index (χ0) is 12.5. The summed E-state index contributed by atoms with van der Waals surface area (Å²) in [5.41, 5.74) is -0.426. The number of halogens is 1. The molecule has 0 aliphatic heterocycles. The van der Waals surface area contributed by atoms with Gasteiger partial charge in [0.15, 0.2) is 0 Å². The Bertz CT molecular complexity index is 520. The van der Waals surface area contributed by atoms with Crippen molar-refractivity contribution in [1.82, 2.24) is 0 Å². The number of rotatable bonds is 3. The van der Waals surface area contributed by atoms with Crippen molar-refractivity contribution in [3.63, 3.8) is 0 Å². The Morgan fingerprint density at radius 3 is 2.59 bits per heavy atom. The first-order chi connectivity index (χ1) is 8.07. The average molecular weight is 269 g/mol. The fraction of sp³-hybridized carbons (Fsp3) is 0.231. The number of para-hydroxylation sites is 1. The zero-order valence-corrected chi connectivity index (χ0v) is 11.2. The number of benzene rings is 1. The van der Waals surface area contributed by atoms with Crippen molar-refractivity contribution in [1.29, 1.82) is 0 Å². The van der Waals surface area contributed by atoms with Gasteiger partial charge < -0.3 is 9.84 Å². The van der Waals surface area contributed by atoms with Crippen LogP contribution in [0, 0.1) is 0 Å². The quantitative estimate of drug-likeness (QED) is 0.920. The smallest absolute Gasteiger partial charge is 0.126 e. The van der Waals surface area contributed by atoms with Crippen molar-refractivity contribution in [3.05, 3.63) is 51.2 Å². The maximum atomic E-state index is 10.7. The first-order valence-corrected chi connectivity index (χ1v) is 6.42. The van der Waals surface area contributed by atoms with Crippen LogP contribution in [-0.4, -0.2) is 12.2 Å². The summed E-state index contributed by atoms with van der Waals surface area (Å²) in [7, 11) is 1.59. The first-order valence-electron chi connectivity index (χ1n) is 5.16. The summed E-state index contributed by atoms with van der Waals surface area (Å²) in [5, 5.41) is 13.1. The van der Waals surface area contributed by atoms with E-state index in [4.69, 9.17) is 16.3 Å². The van der Waals surface area contributed by atoms with Crippen LogP contribution in [0.15, 0.2) is 35.7 Å². The van der Waals surface area contributed by atoms with E-state index in [1.165, 1.54) is 11.3 Å². The fourth-order valence-corrected chi connectivity index (χ4v) is 3.13. The summed E-state index contributed by atoms with van der Waals surface area (Å²) >= 11 is 7.51. The molecule has 0 saturated carbocycles. The highest BCUT2D eigenvalue weighted by molar-refractivity contribution is 7.10. The van der Waals surface area contributed by atoms with Crippen molar-refractivity contribution >= 4 is 22.9 Å². The maximum Gasteiger partial charge on any atom is 0.126 e. The van der Waals surface area contributed by atoms with Crippen LogP contribution in [0.4, 0.5) is 0 Å². The molecule has 0 aliphatic carbocycles. The standard InChI is InChI=1S/C13H13ClO2S/c1-13(15,12-10(14)7-8-17-12)9-5-3-4-6-11(9)16-2/h3-8,15H,1-2H3. The van der Waals surface area contributed by atoms with E-state index in [0.29, 0.717) is 16.3 Å². The second-order valence-corrected chi connectivity index (χ2v) is 5.19. The minimum atomic E-state index is -1.14. The van der Waals surface area contributed by atoms with Gasteiger partial charge in [-0.25, -0.2) is 0 Å². The SMILES string of the molecule is COc1ccccc1C(C)(O)c1sccc1Cl. The van der Waals surface area contributed by atoms with Crippen molar-refractivity contribution in [3.8, 4) is 5.75 Å². The maximum absolute atomic E-state index is 10.7. The third-order valence-corrected chi connectivity index (χ3v) is 4.24. The van der Waals surface area contributed by atoms with Crippen LogP contribution >= 0.6 is 22.9 Å². The molecular formula is C13H13ClO2S. The van der Waals surface area contributed by atoms with Gasteiger partial charge in [0.05, 0.1) is 17.0 Å². The van der Waals surface area contributed by atoms with Gasteiger partial charge in [0.2, 0.25) is 0 Å². The van der Waals surface area contributed by atoms with Crippen LogP contribution < -0.4 is 4.74 Å². The highest BCUT2D eigenvalue weighted by Crippen LogP contribution is 2.40. The number of thiophene rings is 1. The predicted octanol–water partition coefficient (Wildman–Crippen LogP) is 3.67. The molecule has 17 heavy (non-hydrogen) atoms. The van der Waals surface area contributed by atoms with Crippen molar-refractivity contribution < 1.29 is 9.84 Å². The van der Waals surface area contributed by atoms with Crippen molar-refractivity contribution in [2.24, 2.45) is 0 Å². The summed E-state index contributed by atoms with van der Waals surface area (Å²) < 4.78 is 5.27. The molecule has 1 aromatic heterocycles. The van der Waals surface area contributed by atoms with E-state index in [1.807, 2.05) is 29.6 Å². The molecule has 1 heterocycles. The van der Waals surface area contributed by atoms with E-state index in [-0.39, 0.29) is 0 Å². The van der Waals surface area contributed by atoms with Gasteiger partial charge >= 0.3 is 0 Å². The van der Waals surface area contributed by atoms with Crippen molar-refractivity contribution in [2.75, 3.05) is 7.11 Å². The van der Waals surface area contributed by atoms with Gasteiger partial charge in [-0.05, 0) is 24.4 Å². The van der Waals surface area contributed by atoms with E-state index in [0.717, 1.165) is 4.88 Å². The molecule has 2 rings (SSSR count). The molecule has 0 aliphatic rings. The highest BCUT2D eigenvalue weighted by atomic mass is 35.5. The van der Waals surface area contributed by atoms with Gasteiger partial charge in [0.25, 0.3) is 0 Å². The molecule has 2 aromatic rings. The van der Waals surface area contributed by atoms with Gasteiger partial charge in [0, 0.05) is 5.56 Å². The third-order valence-electron chi connectivity index (χ3n) is 2.69. The van der Waals surface area contributed by atoms with Crippen LogP contribution in [0.25, 0.3) is 0 Å². The summed E-state index contributed by atoms with van der Waals surface area (Å²) in [6.07, 6.45) is 0. The van der Waals surface area contributed by atoms with Crippen LogP contribution in [0.2, 0.25) is 5.02 Å². The van der Waals surface area contributed by atoms with Crippen LogP contribution in [-0.2, 0) is 5.60 Å². The number of hydrogen-bond acceptors (Lipinski definition) is 3. The van der Waals surface area contributed by atoms with Gasteiger partial charge in [-0.15, -0.1) is 11.3 Å². The summed E-state index contributed by atoms with van der Waals surface area (Å²) in [5.74, 6) is 0.655. The third kappa shape index (κ3) is 2.18. The topological polar surface area (TPSA) is 29.5 Å². The van der Waals surface area contributed by atoms with Gasteiger partial charge in [-0.2, -0.15) is 0 Å². The summed E-state index contributed by atoms with van der Waals surface area (Å²) in [4.78, 5) is 0.726. The molecule has 1 atom stereocenters. The van der Waals surface area contributed by atoms with Gasteiger partial charge in [0.1, 0.15) is 11.4 Å². The van der Waals surface area contributed by atoms with E-state index < -0.39 is 5.60 Å². The minimum absolute atomic E-state index is 0.575. The Kier molecular flexibility index (Phi) is 3.43. The second kappa shape index (κ2) is 4.69. The molecule has 90 valence electrons. The lowest BCUT2D eigenvalue weighted by Gasteiger charge is -2.25. The predicted molar refractivity (Wildman–Crippen MR) is 71.0 cm³/mol. The molecule has 1 aromatic carbocycles. The lowest BCUT2D eigenvalue weighted by atomic mass is 9.93. The average Bonchev–Trinajstić information content (AvgIpc) is 2.76. The molecule has 2 nitrogen and oxygen atoms in total. The summed E-state index contributed by atoms with van der Waals surface area (Å²) in [6.45, 7) is 1.72. The lowest BCUT2D eigenvalue weighted by molar-refractivity contribution is 0.103. The normalized spacial score (nSPS) is 14.4. The number of hydrogen-bond donors (Lipinski definition) is 1.